The molecule has 0 saturated heterocycles. The lowest BCUT2D eigenvalue weighted by molar-refractivity contribution is 0.0649. The predicted molar refractivity (Wildman–Crippen MR) is 102 cm³/mol. The van der Waals surface area contributed by atoms with Crippen molar-refractivity contribution in [2.45, 2.75) is 51.1 Å². The Hall–Kier alpha value is -3.03. The lowest BCUT2D eigenvalue weighted by Gasteiger charge is -2.24. The first kappa shape index (κ1) is 19.7. The van der Waals surface area contributed by atoms with Crippen LogP contribution >= 0.6 is 0 Å². The fraction of sp³-hybridized carbons (Fsp3) is 0.450. The van der Waals surface area contributed by atoms with E-state index in [1.54, 1.807) is 38.3 Å². The maximum atomic E-state index is 12.4. The molecule has 1 aromatic carbocycles. The van der Waals surface area contributed by atoms with Gasteiger partial charge in [-0.25, -0.2) is 9.59 Å². The van der Waals surface area contributed by atoms with Crippen molar-refractivity contribution in [3.8, 4) is 17.0 Å². The first-order chi connectivity index (χ1) is 13.5. The second-order valence-corrected chi connectivity index (χ2v) is 6.98. The monoisotopic (exact) mass is 387 g/mol. The number of hydrogen-bond donors (Lipinski definition) is 3. The van der Waals surface area contributed by atoms with Crippen LogP contribution in [0.25, 0.3) is 11.3 Å². The van der Waals surface area contributed by atoms with Gasteiger partial charge in [-0.2, -0.15) is 0 Å². The molecule has 0 aliphatic heterocycles. The van der Waals surface area contributed by atoms with Gasteiger partial charge in [0.05, 0.1) is 18.7 Å². The maximum Gasteiger partial charge on any atom is 0.375 e. The van der Waals surface area contributed by atoms with Crippen molar-refractivity contribution in [2.75, 3.05) is 7.11 Å². The lowest BCUT2D eigenvalue weighted by Crippen LogP contribution is -2.43. The molecule has 0 spiro atoms. The highest BCUT2D eigenvalue weighted by Gasteiger charge is 2.28. The molecule has 1 heterocycles. The molecule has 8 nitrogen and oxygen atoms in total. The molecule has 8 heteroatoms. The normalized spacial score (nSPS) is 15.6. The van der Waals surface area contributed by atoms with Crippen LogP contribution < -0.4 is 15.4 Å². The van der Waals surface area contributed by atoms with Gasteiger partial charge in [0.1, 0.15) is 11.4 Å². The number of carbonyl (C=O) groups is 2. The number of nitrogens with one attached hydrogen (secondary N) is 2. The number of carbonyl (C=O) groups excluding carboxylic acids is 1. The quantitative estimate of drug-likeness (QED) is 0.696. The molecule has 1 saturated carbocycles. The molecule has 0 radical (unpaired) electrons. The third-order valence-electron chi connectivity index (χ3n) is 5.01. The highest BCUT2D eigenvalue weighted by Crippen LogP contribution is 2.31. The first-order valence-corrected chi connectivity index (χ1v) is 9.44. The number of carboxylic acid groups (broad SMARTS) is 1. The van der Waals surface area contributed by atoms with Gasteiger partial charge in [-0.3, -0.25) is 0 Å². The van der Waals surface area contributed by atoms with Crippen LogP contribution in [0, 0.1) is 0 Å². The molecule has 1 aromatic heterocycles. The summed E-state index contributed by atoms with van der Waals surface area (Å²) in [4.78, 5) is 24.0. The van der Waals surface area contributed by atoms with Crippen molar-refractivity contribution in [3.05, 3.63) is 35.6 Å². The third kappa shape index (κ3) is 4.44. The van der Waals surface area contributed by atoms with Crippen LogP contribution in [0.4, 0.5) is 4.79 Å². The molecule has 1 atom stereocenters. The first-order valence-electron chi connectivity index (χ1n) is 9.44. The summed E-state index contributed by atoms with van der Waals surface area (Å²) < 4.78 is 10.2. The summed E-state index contributed by atoms with van der Waals surface area (Å²) in [5.41, 5.74) is 1.38. The van der Waals surface area contributed by atoms with E-state index in [4.69, 9.17) is 9.26 Å². The zero-order chi connectivity index (χ0) is 20.1. The van der Waals surface area contributed by atoms with E-state index >= 15 is 0 Å². The molecular weight excluding hydrogens is 362 g/mol. The van der Waals surface area contributed by atoms with Crippen LogP contribution in [0.15, 0.2) is 28.8 Å². The summed E-state index contributed by atoms with van der Waals surface area (Å²) in [6.07, 6.45) is 5.34. The van der Waals surface area contributed by atoms with Gasteiger partial charge in [-0.1, -0.05) is 24.4 Å². The Bertz CT molecular complexity index is 825. The number of aromatic nitrogens is 1. The average molecular weight is 387 g/mol. The summed E-state index contributed by atoms with van der Waals surface area (Å²) in [7, 11) is 1.57. The largest absolute Gasteiger partial charge is 0.497 e. The Kier molecular flexibility index (Phi) is 6.18. The Labute approximate surface area is 163 Å². The fourth-order valence-corrected chi connectivity index (χ4v) is 3.55. The van der Waals surface area contributed by atoms with Crippen molar-refractivity contribution in [1.29, 1.82) is 0 Å². The minimum atomic E-state index is -1.23. The van der Waals surface area contributed by atoms with Gasteiger partial charge in [-0.15, -0.1) is 0 Å². The van der Waals surface area contributed by atoms with Crippen molar-refractivity contribution in [1.82, 2.24) is 15.8 Å². The van der Waals surface area contributed by atoms with Crippen molar-refractivity contribution < 1.29 is 24.0 Å². The second-order valence-electron chi connectivity index (χ2n) is 6.98. The number of aromatic carboxylic acids is 1. The number of amides is 2. The van der Waals surface area contributed by atoms with Crippen molar-refractivity contribution in [2.24, 2.45) is 0 Å². The van der Waals surface area contributed by atoms with Crippen LogP contribution in [0.5, 0.6) is 5.75 Å². The molecule has 2 amide bonds. The van der Waals surface area contributed by atoms with E-state index in [2.05, 4.69) is 15.8 Å². The SMILES string of the molecule is COc1ccc(-c2noc(C(=O)O)c2[C@@H](C)NC(=O)NC2CCCCC2)cc1. The summed E-state index contributed by atoms with van der Waals surface area (Å²) in [5, 5.41) is 19.2. The zero-order valence-electron chi connectivity index (χ0n) is 16.0. The minimum Gasteiger partial charge on any atom is -0.497 e. The van der Waals surface area contributed by atoms with Crippen molar-refractivity contribution >= 4 is 12.0 Å². The number of urea groups is 1. The topological polar surface area (TPSA) is 114 Å². The molecule has 2 aromatic rings. The van der Waals surface area contributed by atoms with E-state index in [1.165, 1.54) is 6.42 Å². The Balaban J connectivity index is 1.80. The molecule has 0 unspecified atom stereocenters. The second kappa shape index (κ2) is 8.77. The Morgan fingerprint density at radius 1 is 1.21 bits per heavy atom. The summed E-state index contributed by atoms with van der Waals surface area (Å²) in [6.45, 7) is 1.71. The van der Waals surface area contributed by atoms with Gasteiger partial charge in [0, 0.05) is 11.6 Å². The number of ether oxygens (including phenoxy) is 1. The number of benzene rings is 1. The Morgan fingerprint density at radius 3 is 2.50 bits per heavy atom. The molecule has 3 rings (SSSR count). The Morgan fingerprint density at radius 2 is 1.89 bits per heavy atom. The minimum absolute atomic E-state index is 0.156. The van der Waals surface area contributed by atoms with Gasteiger partial charge in [0.25, 0.3) is 0 Å². The molecule has 150 valence electrons. The number of rotatable bonds is 6. The highest BCUT2D eigenvalue weighted by molar-refractivity contribution is 5.89. The molecular formula is C20H25N3O5. The standard InChI is InChI=1S/C20H25N3O5/c1-12(21-20(26)22-14-6-4-3-5-7-14)16-17(23-28-18(16)19(24)25)13-8-10-15(27-2)11-9-13/h8-12,14H,3-7H2,1-2H3,(H,24,25)(H2,21,22,26)/t12-/m1/s1. The number of carboxylic acids is 1. The number of nitrogens with zero attached hydrogens (tertiary/aromatic N) is 1. The van der Waals surface area contributed by atoms with Gasteiger partial charge >= 0.3 is 12.0 Å². The fourth-order valence-electron chi connectivity index (χ4n) is 3.55. The van der Waals surface area contributed by atoms with Gasteiger partial charge < -0.3 is 25.0 Å². The van der Waals surface area contributed by atoms with E-state index in [-0.39, 0.29) is 17.8 Å². The number of methoxy groups -OCH3 is 1. The molecule has 1 aliphatic rings. The summed E-state index contributed by atoms with van der Waals surface area (Å²) >= 11 is 0. The van der Waals surface area contributed by atoms with Crippen LogP contribution in [-0.4, -0.2) is 35.4 Å². The average Bonchev–Trinajstić information content (AvgIpc) is 3.14. The smallest absolute Gasteiger partial charge is 0.375 e. The maximum absolute atomic E-state index is 12.4. The molecule has 28 heavy (non-hydrogen) atoms. The van der Waals surface area contributed by atoms with E-state index in [9.17, 15) is 14.7 Å². The lowest BCUT2D eigenvalue weighted by atomic mass is 9.96. The van der Waals surface area contributed by atoms with E-state index in [0.717, 1.165) is 25.7 Å². The van der Waals surface area contributed by atoms with Crippen LogP contribution in [0.1, 0.15) is 61.2 Å². The van der Waals surface area contributed by atoms with E-state index < -0.39 is 12.0 Å². The predicted octanol–water partition coefficient (Wildman–Crippen LogP) is 3.74. The van der Waals surface area contributed by atoms with Crippen molar-refractivity contribution in [3.63, 3.8) is 0 Å². The van der Waals surface area contributed by atoms with Crippen LogP contribution in [0.2, 0.25) is 0 Å². The van der Waals surface area contributed by atoms with Gasteiger partial charge in [0.2, 0.25) is 5.76 Å². The van der Waals surface area contributed by atoms with Gasteiger partial charge in [0.15, 0.2) is 0 Å². The number of hydrogen-bond acceptors (Lipinski definition) is 5. The molecule has 1 aliphatic carbocycles. The zero-order valence-corrected chi connectivity index (χ0v) is 16.0. The highest BCUT2D eigenvalue weighted by atomic mass is 16.5. The molecule has 0 bridgehead atoms. The van der Waals surface area contributed by atoms with E-state index in [1.807, 2.05) is 0 Å². The summed E-state index contributed by atoms with van der Waals surface area (Å²) in [5.74, 6) is -0.842. The molecule has 1 fully saturated rings. The third-order valence-corrected chi connectivity index (χ3v) is 5.01. The summed E-state index contributed by atoms with van der Waals surface area (Å²) in [6, 6.07) is 6.27. The molecule has 3 N–H and O–H groups in total. The van der Waals surface area contributed by atoms with Crippen LogP contribution in [-0.2, 0) is 0 Å². The van der Waals surface area contributed by atoms with Crippen LogP contribution in [0.3, 0.4) is 0 Å². The van der Waals surface area contributed by atoms with Gasteiger partial charge in [-0.05, 0) is 44.0 Å². The van der Waals surface area contributed by atoms with E-state index in [0.29, 0.717) is 22.6 Å².